The number of rotatable bonds is 4. The third-order valence-electron chi connectivity index (χ3n) is 4.65. The standard InChI is InChI=1S/C14H28/c1-7-13-12(8-10(2)3)9-14(13,6)11(4)5/h10-13H,7-9H2,1-6H3. The largest absolute Gasteiger partial charge is 0.0651 e. The van der Waals surface area contributed by atoms with Crippen LogP contribution in [0.3, 0.4) is 0 Å². The summed E-state index contributed by atoms with van der Waals surface area (Å²) in [4.78, 5) is 0. The molecule has 0 aliphatic heterocycles. The van der Waals surface area contributed by atoms with Crippen molar-refractivity contribution in [2.45, 2.75) is 60.8 Å². The first-order valence-electron chi connectivity index (χ1n) is 6.41. The highest BCUT2D eigenvalue weighted by Gasteiger charge is 2.50. The molecule has 0 aromatic rings. The van der Waals surface area contributed by atoms with Gasteiger partial charge >= 0.3 is 0 Å². The minimum Gasteiger partial charge on any atom is -0.0651 e. The average molecular weight is 196 g/mol. The summed E-state index contributed by atoms with van der Waals surface area (Å²) < 4.78 is 0. The Morgan fingerprint density at radius 1 is 1.21 bits per heavy atom. The van der Waals surface area contributed by atoms with E-state index in [2.05, 4.69) is 41.5 Å². The molecule has 0 aromatic heterocycles. The molecule has 0 amide bonds. The van der Waals surface area contributed by atoms with Gasteiger partial charge < -0.3 is 0 Å². The van der Waals surface area contributed by atoms with Gasteiger partial charge in [0.1, 0.15) is 0 Å². The van der Waals surface area contributed by atoms with E-state index in [-0.39, 0.29) is 0 Å². The Kier molecular flexibility index (Phi) is 3.66. The summed E-state index contributed by atoms with van der Waals surface area (Å²) in [7, 11) is 0. The summed E-state index contributed by atoms with van der Waals surface area (Å²) in [5.41, 5.74) is 0.647. The fourth-order valence-electron chi connectivity index (χ4n) is 3.55. The van der Waals surface area contributed by atoms with E-state index in [0.717, 1.165) is 23.7 Å². The van der Waals surface area contributed by atoms with Crippen LogP contribution in [0.1, 0.15) is 60.8 Å². The molecule has 1 aliphatic carbocycles. The molecule has 0 radical (unpaired) electrons. The molecule has 0 saturated heterocycles. The molecule has 0 spiro atoms. The van der Waals surface area contributed by atoms with Crippen LogP contribution in [-0.4, -0.2) is 0 Å². The van der Waals surface area contributed by atoms with E-state index >= 15 is 0 Å². The van der Waals surface area contributed by atoms with E-state index in [1.54, 1.807) is 0 Å². The lowest BCUT2D eigenvalue weighted by atomic mass is 9.48. The summed E-state index contributed by atoms with van der Waals surface area (Å²) in [5, 5.41) is 0. The predicted octanol–water partition coefficient (Wildman–Crippen LogP) is 4.74. The van der Waals surface area contributed by atoms with Crippen LogP contribution in [0.4, 0.5) is 0 Å². The first-order valence-corrected chi connectivity index (χ1v) is 6.41. The summed E-state index contributed by atoms with van der Waals surface area (Å²) in [6.07, 6.45) is 4.30. The van der Waals surface area contributed by atoms with Crippen LogP contribution in [0, 0.1) is 29.1 Å². The van der Waals surface area contributed by atoms with Gasteiger partial charge in [0.15, 0.2) is 0 Å². The lowest BCUT2D eigenvalue weighted by molar-refractivity contribution is -0.0758. The molecule has 3 atom stereocenters. The molecule has 1 fully saturated rings. The molecule has 0 heteroatoms. The van der Waals surface area contributed by atoms with Gasteiger partial charge in [-0.3, -0.25) is 0 Å². The van der Waals surface area contributed by atoms with Crippen molar-refractivity contribution in [1.82, 2.24) is 0 Å². The van der Waals surface area contributed by atoms with Crippen molar-refractivity contribution in [3.63, 3.8) is 0 Å². The smallest absolute Gasteiger partial charge is 0.0269 e. The van der Waals surface area contributed by atoms with E-state index in [9.17, 15) is 0 Å². The highest BCUT2D eigenvalue weighted by Crippen LogP contribution is 2.58. The van der Waals surface area contributed by atoms with Crippen LogP contribution >= 0.6 is 0 Å². The van der Waals surface area contributed by atoms with Crippen molar-refractivity contribution >= 4 is 0 Å². The second kappa shape index (κ2) is 4.24. The molecule has 3 unspecified atom stereocenters. The van der Waals surface area contributed by atoms with Crippen LogP contribution in [0.15, 0.2) is 0 Å². The maximum absolute atomic E-state index is 2.50. The minimum absolute atomic E-state index is 0.647. The van der Waals surface area contributed by atoms with Gasteiger partial charge in [0, 0.05) is 0 Å². The summed E-state index contributed by atoms with van der Waals surface area (Å²) in [5.74, 6) is 3.75. The van der Waals surface area contributed by atoms with Crippen LogP contribution in [0.5, 0.6) is 0 Å². The number of hydrogen-bond donors (Lipinski definition) is 0. The van der Waals surface area contributed by atoms with Gasteiger partial charge in [-0.2, -0.15) is 0 Å². The highest BCUT2D eigenvalue weighted by molar-refractivity contribution is 4.99. The Hall–Kier alpha value is 0. The zero-order chi connectivity index (χ0) is 10.9. The van der Waals surface area contributed by atoms with Crippen LogP contribution in [0.2, 0.25) is 0 Å². The van der Waals surface area contributed by atoms with E-state index in [0.29, 0.717) is 5.41 Å². The normalized spacial score (nSPS) is 37.7. The van der Waals surface area contributed by atoms with E-state index in [4.69, 9.17) is 0 Å². The van der Waals surface area contributed by atoms with Crippen LogP contribution in [0.25, 0.3) is 0 Å². The van der Waals surface area contributed by atoms with Gasteiger partial charge in [-0.05, 0) is 41.9 Å². The number of hydrogen-bond acceptors (Lipinski definition) is 0. The molecule has 0 N–H and O–H groups in total. The molecule has 84 valence electrons. The van der Waals surface area contributed by atoms with Gasteiger partial charge in [-0.1, -0.05) is 48.0 Å². The summed E-state index contributed by atoms with van der Waals surface area (Å²) in [6, 6.07) is 0. The first-order chi connectivity index (χ1) is 6.41. The van der Waals surface area contributed by atoms with Crippen molar-refractivity contribution in [2.24, 2.45) is 29.1 Å². The molecule has 1 rings (SSSR count). The molecule has 0 nitrogen and oxygen atoms in total. The third kappa shape index (κ3) is 1.99. The summed E-state index contributed by atoms with van der Waals surface area (Å²) in [6.45, 7) is 14.4. The Labute approximate surface area is 90.5 Å². The van der Waals surface area contributed by atoms with Crippen LogP contribution < -0.4 is 0 Å². The van der Waals surface area contributed by atoms with Crippen molar-refractivity contribution in [1.29, 1.82) is 0 Å². The Bertz CT molecular complexity index is 180. The molecule has 14 heavy (non-hydrogen) atoms. The quantitative estimate of drug-likeness (QED) is 0.609. The van der Waals surface area contributed by atoms with Crippen molar-refractivity contribution in [3.05, 3.63) is 0 Å². The fourth-order valence-corrected chi connectivity index (χ4v) is 3.55. The van der Waals surface area contributed by atoms with Crippen molar-refractivity contribution in [2.75, 3.05) is 0 Å². The first kappa shape index (κ1) is 12.1. The lowest BCUT2D eigenvalue weighted by Crippen LogP contribution is -2.49. The minimum atomic E-state index is 0.647. The molecular weight excluding hydrogens is 168 g/mol. The maximum Gasteiger partial charge on any atom is -0.0269 e. The molecule has 1 saturated carbocycles. The van der Waals surface area contributed by atoms with Crippen LogP contribution in [-0.2, 0) is 0 Å². The monoisotopic (exact) mass is 196 g/mol. The summed E-state index contributed by atoms with van der Waals surface area (Å²) >= 11 is 0. The fraction of sp³-hybridized carbons (Fsp3) is 1.00. The molecule has 0 aromatic carbocycles. The maximum atomic E-state index is 2.50. The average Bonchev–Trinajstić information content (AvgIpc) is 2.02. The van der Waals surface area contributed by atoms with Crippen molar-refractivity contribution < 1.29 is 0 Å². The molecule has 0 bridgehead atoms. The van der Waals surface area contributed by atoms with Gasteiger partial charge in [0.05, 0.1) is 0 Å². The molecular formula is C14H28. The van der Waals surface area contributed by atoms with E-state index < -0.39 is 0 Å². The molecule has 1 aliphatic rings. The SMILES string of the molecule is CCC1C(CC(C)C)CC1(C)C(C)C. The predicted molar refractivity (Wildman–Crippen MR) is 64.3 cm³/mol. The Balaban J connectivity index is 2.56. The zero-order valence-corrected chi connectivity index (χ0v) is 10.9. The molecule has 0 heterocycles. The second-order valence-corrected chi connectivity index (χ2v) is 6.27. The zero-order valence-electron chi connectivity index (χ0n) is 10.9. The van der Waals surface area contributed by atoms with Gasteiger partial charge in [0.25, 0.3) is 0 Å². The van der Waals surface area contributed by atoms with E-state index in [1.165, 1.54) is 19.3 Å². The van der Waals surface area contributed by atoms with Gasteiger partial charge in [0.2, 0.25) is 0 Å². The Morgan fingerprint density at radius 2 is 1.79 bits per heavy atom. The topological polar surface area (TPSA) is 0 Å². The third-order valence-corrected chi connectivity index (χ3v) is 4.65. The Morgan fingerprint density at radius 3 is 2.14 bits per heavy atom. The second-order valence-electron chi connectivity index (χ2n) is 6.27. The highest BCUT2D eigenvalue weighted by atomic mass is 14.5. The van der Waals surface area contributed by atoms with E-state index in [1.807, 2.05) is 0 Å². The van der Waals surface area contributed by atoms with Gasteiger partial charge in [-0.25, -0.2) is 0 Å². The van der Waals surface area contributed by atoms with Gasteiger partial charge in [-0.15, -0.1) is 0 Å². The van der Waals surface area contributed by atoms with Crippen molar-refractivity contribution in [3.8, 4) is 0 Å². The lowest BCUT2D eigenvalue weighted by Gasteiger charge is -2.57.